The fraction of sp³-hybridized carbons (Fsp3) is 0.833. The van der Waals surface area contributed by atoms with Crippen LogP contribution in [0.4, 0.5) is 4.79 Å². The third-order valence-corrected chi connectivity index (χ3v) is 1.41. The minimum atomic E-state index is 0.0255. The van der Waals surface area contributed by atoms with Crippen LogP contribution in [0.25, 0.3) is 0 Å². The van der Waals surface area contributed by atoms with E-state index >= 15 is 0 Å². The number of hydrogen-bond donors (Lipinski definition) is 0. The Morgan fingerprint density at radius 2 is 2.30 bits per heavy atom. The van der Waals surface area contributed by atoms with E-state index in [-0.39, 0.29) is 6.03 Å². The van der Waals surface area contributed by atoms with Crippen LogP contribution in [-0.4, -0.2) is 49.8 Å². The molecule has 0 atom stereocenters. The molecule has 1 heterocycles. The Labute approximate surface area is 60.4 Å². The highest BCUT2D eigenvalue weighted by atomic mass is 16.5. The normalized spacial score (nSPS) is 17.6. The van der Waals surface area contributed by atoms with E-state index in [1.807, 2.05) is 0 Å². The zero-order valence-electron chi connectivity index (χ0n) is 6.33. The van der Waals surface area contributed by atoms with Gasteiger partial charge < -0.3 is 9.64 Å². The quantitative estimate of drug-likeness (QED) is 0.478. The van der Waals surface area contributed by atoms with Gasteiger partial charge in [-0.25, -0.2) is 4.79 Å². The van der Waals surface area contributed by atoms with Crippen molar-refractivity contribution in [2.24, 2.45) is 0 Å². The fourth-order valence-electron chi connectivity index (χ4n) is 0.848. The highest BCUT2D eigenvalue weighted by Gasteiger charge is 2.18. The topological polar surface area (TPSA) is 32.8 Å². The number of carbonyl (C=O) groups is 1. The molecule has 1 aliphatic heterocycles. The van der Waals surface area contributed by atoms with Gasteiger partial charge in [0, 0.05) is 20.6 Å². The molecule has 1 rings (SSSR count). The maximum absolute atomic E-state index is 11.1. The van der Waals surface area contributed by atoms with Crippen molar-refractivity contribution >= 4 is 6.03 Å². The molecule has 0 bridgehead atoms. The third kappa shape index (κ3) is 1.39. The fourth-order valence-corrected chi connectivity index (χ4v) is 0.848. The maximum Gasteiger partial charge on any atom is 0.321 e. The van der Waals surface area contributed by atoms with Crippen LogP contribution in [0.1, 0.15) is 0 Å². The summed E-state index contributed by atoms with van der Waals surface area (Å²) in [7, 11) is 3.47. The molecular weight excluding hydrogens is 132 g/mol. The molecule has 58 valence electrons. The van der Waals surface area contributed by atoms with E-state index in [4.69, 9.17) is 4.74 Å². The molecule has 0 unspecified atom stereocenters. The first kappa shape index (κ1) is 7.34. The molecule has 4 heteroatoms. The maximum atomic E-state index is 11.1. The zero-order valence-corrected chi connectivity index (χ0v) is 6.33. The van der Waals surface area contributed by atoms with Gasteiger partial charge in [0.25, 0.3) is 0 Å². The summed E-state index contributed by atoms with van der Waals surface area (Å²) in [6.07, 6.45) is 0. The second-order valence-electron chi connectivity index (χ2n) is 2.48. The molecule has 0 saturated carbocycles. The Bertz CT molecular complexity index is 130. The van der Waals surface area contributed by atoms with Crippen LogP contribution in [0.15, 0.2) is 0 Å². The van der Waals surface area contributed by atoms with E-state index in [1.165, 1.54) is 0 Å². The van der Waals surface area contributed by atoms with Gasteiger partial charge in [-0.3, -0.25) is 4.90 Å². The summed E-state index contributed by atoms with van der Waals surface area (Å²) in [5, 5.41) is 0. The van der Waals surface area contributed by atoms with Gasteiger partial charge in [0.1, 0.15) is 6.73 Å². The van der Waals surface area contributed by atoms with Crippen molar-refractivity contribution in [1.82, 2.24) is 9.80 Å². The van der Waals surface area contributed by atoms with Crippen LogP contribution >= 0.6 is 0 Å². The Morgan fingerprint density at radius 3 is 2.70 bits per heavy atom. The van der Waals surface area contributed by atoms with Crippen molar-refractivity contribution in [3.63, 3.8) is 0 Å². The lowest BCUT2D eigenvalue weighted by Gasteiger charge is -2.18. The number of carbonyl (C=O) groups excluding carboxylic acids is 1. The highest BCUT2D eigenvalue weighted by molar-refractivity contribution is 5.73. The summed E-state index contributed by atoms with van der Waals surface area (Å²) < 4.78 is 5.01. The smallest absolute Gasteiger partial charge is 0.321 e. The molecule has 1 aliphatic rings. The van der Waals surface area contributed by atoms with Crippen LogP contribution in [0.5, 0.6) is 0 Å². The molecule has 1 saturated heterocycles. The Kier molecular flexibility index (Phi) is 2.11. The predicted molar refractivity (Wildman–Crippen MR) is 36.6 cm³/mol. The molecule has 1 fully saturated rings. The lowest BCUT2D eigenvalue weighted by atomic mass is 10.6. The van der Waals surface area contributed by atoms with E-state index < -0.39 is 0 Å². The molecule has 0 aromatic heterocycles. The van der Waals surface area contributed by atoms with Crippen molar-refractivity contribution in [2.45, 2.75) is 0 Å². The summed E-state index contributed by atoms with van der Waals surface area (Å²) >= 11 is 0. The van der Waals surface area contributed by atoms with E-state index in [9.17, 15) is 4.79 Å². The van der Waals surface area contributed by atoms with Gasteiger partial charge in [-0.05, 0) is 0 Å². The lowest BCUT2D eigenvalue weighted by molar-refractivity contribution is 0.131. The van der Waals surface area contributed by atoms with E-state index in [0.717, 1.165) is 6.54 Å². The van der Waals surface area contributed by atoms with Crippen LogP contribution in [0.3, 0.4) is 0 Å². The predicted octanol–water partition coefficient (Wildman–Crippen LogP) is -0.0423. The van der Waals surface area contributed by atoms with Crippen molar-refractivity contribution in [1.29, 1.82) is 0 Å². The lowest BCUT2D eigenvalue weighted by Crippen LogP contribution is -2.37. The monoisotopic (exact) mass is 144 g/mol. The Morgan fingerprint density at radius 1 is 1.60 bits per heavy atom. The number of rotatable bonds is 0. The van der Waals surface area contributed by atoms with Gasteiger partial charge >= 0.3 is 6.03 Å². The van der Waals surface area contributed by atoms with Crippen molar-refractivity contribution < 1.29 is 9.53 Å². The first-order valence-electron chi connectivity index (χ1n) is 3.26. The average Bonchev–Trinajstić information content (AvgIpc) is 2.36. The standard InChI is InChI=1S/C6H12N2O2/c1-7(2)6(9)8-3-4-10-5-8/h3-5H2,1-2H3. The number of urea groups is 1. The molecule has 10 heavy (non-hydrogen) atoms. The van der Waals surface area contributed by atoms with Crippen LogP contribution in [0.2, 0.25) is 0 Å². The number of nitrogens with zero attached hydrogens (tertiary/aromatic N) is 2. The molecule has 0 N–H and O–H groups in total. The van der Waals surface area contributed by atoms with Gasteiger partial charge in [-0.1, -0.05) is 0 Å². The average molecular weight is 144 g/mol. The minimum Gasteiger partial charge on any atom is -0.359 e. The van der Waals surface area contributed by atoms with Gasteiger partial charge in [-0.2, -0.15) is 0 Å². The van der Waals surface area contributed by atoms with Gasteiger partial charge in [-0.15, -0.1) is 0 Å². The van der Waals surface area contributed by atoms with E-state index in [0.29, 0.717) is 13.3 Å². The van der Waals surface area contributed by atoms with Gasteiger partial charge in [0.2, 0.25) is 0 Å². The first-order chi connectivity index (χ1) is 4.72. The van der Waals surface area contributed by atoms with Crippen LogP contribution < -0.4 is 0 Å². The summed E-state index contributed by atoms with van der Waals surface area (Å²) in [6, 6.07) is 0.0255. The minimum absolute atomic E-state index is 0.0255. The molecule has 0 radical (unpaired) electrons. The molecular formula is C6H12N2O2. The first-order valence-corrected chi connectivity index (χ1v) is 3.26. The molecule has 0 aromatic rings. The van der Waals surface area contributed by atoms with E-state index in [1.54, 1.807) is 23.9 Å². The summed E-state index contributed by atoms with van der Waals surface area (Å²) in [4.78, 5) is 14.3. The highest BCUT2D eigenvalue weighted by Crippen LogP contribution is 2.01. The number of ether oxygens (including phenoxy) is 1. The molecule has 0 aromatic carbocycles. The Hall–Kier alpha value is -0.770. The summed E-state index contributed by atoms with van der Waals surface area (Å²) in [5.41, 5.74) is 0. The Balaban J connectivity index is 2.40. The molecule has 0 spiro atoms. The third-order valence-electron chi connectivity index (χ3n) is 1.41. The van der Waals surface area contributed by atoms with Gasteiger partial charge in [0.15, 0.2) is 0 Å². The van der Waals surface area contributed by atoms with Crippen LogP contribution in [0, 0.1) is 0 Å². The SMILES string of the molecule is CN(C)C(=O)N1CCOC1. The number of hydrogen-bond acceptors (Lipinski definition) is 2. The van der Waals surface area contributed by atoms with E-state index in [2.05, 4.69) is 0 Å². The van der Waals surface area contributed by atoms with Gasteiger partial charge in [0.05, 0.1) is 6.61 Å². The van der Waals surface area contributed by atoms with Crippen LogP contribution in [-0.2, 0) is 4.74 Å². The van der Waals surface area contributed by atoms with Crippen molar-refractivity contribution in [3.05, 3.63) is 0 Å². The molecule has 4 nitrogen and oxygen atoms in total. The van der Waals surface area contributed by atoms with Crippen molar-refractivity contribution in [2.75, 3.05) is 34.0 Å². The zero-order chi connectivity index (χ0) is 7.56. The largest absolute Gasteiger partial charge is 0.359 e. The summed E-state index contributed by atoms with van der Waals surface area (Å²) in [5.74, 6) is 0. The second kappa shape index (κ2) is 2.88. The summed E-state index contributed by atoms with van der Waals surface area (Å²) in [6.45, 7) is 1.83. The molecule has 0 aliphatic carbocycles. The number of amides is 2. The van der Waals surface area contributed by atoms with Crippen molar-refractivity contribution in [3.8, 4) is 0 Å². The second-order valence-corrected chi connectivity index (χ2v) is 2.48. The molecule has 2 amide bonds.